The van der Waals surface area contributed by atoms with E-state index in [1.807, 2.05) is 17.5 Å². The second kappa shape index (κ2) is 7.46. The van der Waals surface area contributed by atoms with Crippen molar-refractivity contribution in [1.29, 1.82) is 0 Å². The summed E-state index contributed by atoms with van der Waals surface area (Å²) in [6.07, 6.45) is -4.60. The molecule has 0 saturated heterocycles. The Morgan fingerprint density at radius 3 is 2.50 bits per heavy atom. The van der Waals surface area contributed by atoms with Gasteiger partial charge in [0, 0.05) is 11.3 Å². The molecule has 0 bridgehead atoms. The molecule has 0 fully saturated rings. The number of carbonyl (C=O) groups excluding carboxylic acids is 1. The molecule has 2 aromatic carbocycles. The highest BCUT2D eigenvalue weighted by Crippen LogP contribution is 2.32. The molecule has 0 aliphatic rings. The molecule has 1 N–H and O–H groups in total. The second-order valence-corrected chi connectivity index (χ2v) is 6.25. The van der Waals surface area contributed by atoms with Crippen molar-refractivity contribution in [1.82, 2.24) is 0 Å². The zero-order chi connectivity index (χ0) is 18.6. The Balaban J connectivity index is 1.82. The summed E-state index contributed by atoms with van der Waals surface area (Å²) in [5.41, 5.74) is -0.355. The standard InChI is InChI=1S/C20H12F3NOS/c21-20(22,23)18-9-2-1-8-17(18)19(25)24-15-6-3-5-14(13-15)10-11-16-7-4-12-26-16/h1-9,12-13H,(H,24,25). The molecule has 1 aromatic heterocycles. The molecule has 6 heteroatoms. The first-order valence-electron chi connectivity index (χ1n) is 7.56. The lowest BCUT2D eigenvalue weighted by molar-refractivity contribution is -0.137. The SMILES string of the molecule is O=C(Nc1cccc(C#Cc2cccs2)c1)c1ccccc1C(F)(F)F. The smallest absolute Gasteiger partial charge is 0.322 e. The highest BCUT2D eigenvalue weighted by molar-refractivity contribution is 7.10. The van der Waals surface area contributed by atoms with Crippen LogP contribution in [0.15, 0.2) is 66.0 Å². The van der Waals surface area contributed by atoms with Gasteiger partial charge >= 0.3 is 6.18 Å². The maximum atomic E-state index is 13.0. The number of thiophene rings is 1. The minimum atomic E-state index is -4.60. The third kappa shape index (κ3) is 4.32. The van der Waals surface area contributed by atoms with Crippen molar-refractivity contribution in [3.05, 3.63) is 87.6 Å². The number of hydrogen-bond acceptors (Lipinski definition) is 2. The molecule has 2 nitrogen and oxygen atoms in total. The van der Waals surface area contributed by atoms with Crippen LogP contribution < -0.4 is 5.32 Å². The Hall–Kier alpha value is -3.04. The zero-order valence-corrected chi connectivity index (χ0v) is 14.1. The lowest BCUT2D eigenvalue weighted by Gasteiger charge is -2.12. The number of anilines is 1. The average Bonchev–Trinajstić information content (AvgIpc) is 3.13. The van der Waals surface area contributed by atoms with Crippen molar-refractivity contribution in [2.75, 3.05) is 5.32 Å². The highest BCUT2D eigenvalue weighted by Gasteiger charge is 2.34. The number of carbonyl (C=O) groups is 1. The molecule has 130 valence electrons. The van der Waals surface area contributed by atoms with Gasteiger partial charge in [0.25, 0.3) is 5.91 Å². The van der Waals surface area contributed by atoms with E-state index >= 15 is 0 Å². The Kier molecular flexibility index (Phi) is 5.10. The molecule has 3 aromatic rings. The molecule has 0 radical (unpaired) electrons. The third-order valence-corrected chi connectivity index (χ3v) is 4.23. The van der Waals surface area contributed by atoms with E-state index in [1.54, 1.807) is 24.3 Å². The van der Waals surface area contributed by atoms with Crippen molar-refractivity contribution in [3.8, 4) is 11.8 Å². The minimum Gasteiger partial charge on any atom is -0.322 e. The highest BCUT2D eigenvalue weighted by atomic mass is 32.1. The number of alkyl halides is 3. The molecule has 0 aliphatic carbocycles. The van der Waals surface area contributed by atoms with Gasteiger partial charge in [0.15, 0.2) is 0 Å². The Labute approximate surface area is 152 Å². The van der Waals surface area contributed by atoms with Crippen molar-refractivity contribution in [3.63, 3.8) is 0 Å². The van der Waals surface area contributed by atoms with Gasteiger partial charge in [-0.05, 0) is 41.8 Å². The molecule has 3 rings (SSSR count). The van der Waals surface area contributed by atoms with Gasteiger partial charge < -0.3 is 5.32 Å². The summed E-state index contributed by atoms with van der Waals surface area (Å²) in [6, 6.07) is 15.1. The van der Waals surface area contributed by atoms with E-state index in [0.717, 1.165) is 17.0 Å². The second-order valence-electron chi connectivity index (χ2n) is 5.31. The van der Waals surface area contributed by atoms with Gasteiger partial charge in [-0.25, -0.2) is 0 Å². The maximum absolute atomic E-state index is 13.0. The molecule has 26 heavy (non-hydrogen) atoms. The van der Waals surface area contributed by atoms with Crippen LogP contribution in [0.2, 0.25) is 0 Å². The first-order valence-corrected chi connectivity index (χ1v) is 8.44. The van der Waals surface area contributed by atoms with Crippen LogP contribution in [-0.2, 0) is 6.18 Å². The largest absolute Gasteiger partial charge is 0.417 e. The number of amides is 1. The van der Waals surface area contributed by atoms with Gasteiger partial charge in [-0.15, -0.1) is 11.3 Å². The molecule has 0 atom stereocenters. The summed E-state index contributed by atoms with van der Waals surface area (Å²) in [5.74, 6) is 5.14. The van der Waals surface area contributed by atoms with Gasteiger partial charge in [-0.1, -0.05) is 36.1 Å². The fourth-order valence-corrected chi connectivity index (χ4v) is 2.86. The zero-order valence-electron chi connectivity index (χ0n) is 13.3. The molecule has 1 amide bonds. The number of benzene rings is 2. The summed E-state index contributed by atoms with van der Waals surface area (Å²) in [5, 5.41) is 4.42. The number of hydrogen-bond donors (Lipinski definition) is 1. The first kappa shape index (κ1) is 17.8. The van der Waals surface area contributed by atoms with Gasteiger partial charge in [-0.2, -0.15) is 13.2 Å². The molecular weight excluding hydrogens is 359 g/mol. The van der Waals surface area contributed by atoms with Crippen LogP contribution in [0.3, 0.4) is 0 Å². The van der Waals surface area contributed by atoms with E-state index in [2.05, 4.69) is 17.2 Å². The third-order valence-electron chi connectivity index (χ3n) is 3.45. The Morgan fingerprint density at radius 1 is 0.962 bits per heavy atom. The summed E-state index contributed by atoms with van der Waals surface area (Å²) in [4.78, 5) is 13.2. The predicted octanol–water partition coefficient (Wildman–Crippen LogP) is 5.42. The number of rotatable bonds is 2. The van der Waals surface area contributed by atoms with Crippen LogP contribution in [0.4, 0.5) is 18.9 Å². The monoisotopic (exact) mass is 371 g/mol. The molecule has 1 heterocycles. The van der Waals surface area contributed by atoms with Crippen LogP contribution in [0.25, 0.3) is 0 Å². The molecular formula is C20H12F3NOS. The van der Waals surface area contributed by atoms with E-state index in [-0.39, 0.29) is 0 Å². The first-order chi connectivity index (χ1) is 12.4. The quantitative estimate of drug-likeness (QED) is 0.599. The van der Waals surface area contributed by atoms with Crippen LogP contribution in [-0.4, -0.2) is 5.91 Å². The van der Waals surface area contributed by atoms with Gasteiger partial charge in [0.2, 0.25) is 0 Å². The predicted molar refractivity (Wildman–Crippen MR) is 96.1 cm³/mol. The van der Waals surface area contributed by atoms with E-state index in [4.69, 9.17) is 0 Å². The van der Waals surface area contributed by atoms with Crippen molar-refractivity contribution >= 4 is 22.9 Å². The topological polar surface area (TPSA) is 29.1 Å². The minimum absolute atomic E-state index is 0.380. The van der Waals surface area contributed by atoms with Gasteiger partial charge in [0.05, 0.1) is 16.0 Å². The van der Waals surface area contributed by atoms with Gasteiger partial charge in [0.1, 0.15) is 0 Å². The average molecular weight is 371 g/mol. The fourth-order valence-electron chi connectivity index (χ4n) is 2.28. The summed E-state index contributed by atoms with van der Waals surface area (Å²) in [7, 11) is 0. The summed E-state index contributed by atoms with van der Waals surface area (Å²) < 4.78 is 39.1. The molecule has 0 aliphatic heterocycles. The van der Waals surface area contributed by atoms with Gasteiger partial charge in [-0.3, -0.25) is 4.79 Å². The molecule has 0 saturated carbocycles. The molecule has 0 unspecified atom stereocenters. The van der Waals surface area contributed by atoms with Crippen LogP contribution >= 0.6 is 11.3 Å². The maximum Gasteiger partial charge on any atom is 0.417 e. The number of nitrogens with one attached hydrogen (secondary N) is 1. The lowest BCUT2D eigenvalue weighted by atomic mass is 10.1. The Morgan fingerprint density at radius 2 is 1.77 bits per heavy atom. The molecule has 0 spiro atoms. The van der Waals surface area contributed by atoms with Crippen LogP contribution in [0.1, 0.15) is 26.4 Å². The van der Waals surface area contributed by atoms with Crippen LogP contribution in [0, 0.1) is 11.8 Å². The lowest BCUT2D eigenvalue weighted by Crippen LogP contribution is -2.18. The summed E-state index contributed by atoms with van der Waals surface area (Å²) in [6.45, 7) is 0. The van der Waals surface area contributed by atoms with E-state index in [1.165, 1.54) is 23.5 Å². The normalized spacial score (nSPS) is 10.7. The fraction of sp³-hybridized carbons (Fsp3) is 0.0500. The number of halogens is 3. The van der Waals surface area contributed by atoms with E-state index in [9.17, 15) is 18.0 Å². The van der Waals surface area contributed by atoms with E-state index in [0.29, 0.717) is 11.3 Å². The van der Waals surface area contributed by atoms with Crippen molar-refractivity contribution < 1.29 is 18.0 Å². The van der Waals surface area contributed by atoms with Crippen molar-refractivity contribution in [2.24, 2.45) is 0 Å². The van der Waals surface area contributed by atoms with E-state index < -0.39 is 23.2 Å². The summed E-state index contributed by atoms with van der Waals surface area (Å²) >= 11 is 1.51. The Bertz CT molecular complexity index is 982. The van der Waals surface area contributed by atoms with Crippen LogP contribution in [0.5, 0.6) is 0 Å². The van der Waals surface area contributed by atoms with Crippen molar-refractivity contribution in [2.45, 2.75) is 6.18 Å².